The molecule has 40 heavy (non-hydrogen) atoms. The molecule has 0 fully saturated rings. The molecule has 0 amide bonds. The van der Waals surface area contributed by atoms with Crippen LogP contribution in [0, 0.1) is 0 Å². The van der Waals surface area contributed by atoms with Crippen molar-refractivity contribution in [1.82, 2.24) is 11.7 Å². The molecule has 0 aliphatic carbocycles. The van der Waals surface area contributed by atoms with Crippen LogP contribution in [-0.4, -0.2) is 65.7 Å². The third kappa shape index (κ3) is 22.9. The topological polar surface area (TPSA) is 9.72 Å². The summed E-state index contributed by atoms with van der Waals surface area (Å²) in [5.41, 5.74) is 0. The molecule has 0 rings (SSSR count). The van der Waals surface area contributed by atoms with Gasteiger partial charge < -0.3 is 11.7 Å². The van der Waals surface area contributed by atoms with E-state index >= 15 is 0 Å². The van der Waals surface area contributed by atoms with Gasteiger partial charge in [-0.05, 0) is 77.8 Å². The molecule has 1 radical (unpaired) electrons. The average molecular weight is 580 g/mol. The van der Waals surface area contributed by atoms with Crippen LogP contribution in [0.25, 0.3) is 0 Å². The van der Waals surface area contributed by atoms with Crippen LogP contribution in [-0.2, 0) is 0 Å². The maximum Gasteiger partial charge on any atom is 0.279 e. The van der Waals surface area contributed by atoms with Crippen molar-refractivity contribution in [2.75, 3.05) is 39.3 Å². The Kier molecular flexibility index (Phi) is 32.7. The summed E-state index contributed by atoms with van der Waals surface area (Å²) in [6.45, 7) is 22.3. The summed E-state index contributed by atoms with van der Waals surface area (Å²) in [6, 6.07) is 0. The highest BCUT2D eigenvalue weighted by Gasteiger charge is 2.24. The second-order valence-electron chi connectivity index (χ2n) is 12.8. The molecule has 0 atom stereocenters. The Balaban J connectivity index is 6.08. The quantitative estimate of drug-likeness (QED) is 0.0565. The molecule has 0 saturated carbocycles. The van der Waals surface area contributed by atoms with Crippen molar-refractivity contribution in [1.29, 1.82) is 0 Å². The van der Waals surface area contributed by atoms with E-state index in [4.69, 9.17) is 0 Å². The third-order valence-electron chi connectivity index (χ3n) is 8.77. The van der Waals surface area contributed by atoms with Gasteiger partial charge in [0.25, 0.3) is 14.8 Å². The first kappa shape index (κ1) is 40.4. The first-order valence-corrected chi connectivity index (χ1v) is 20.5. The lowest BCUT2D eigenvalue weighted by atomic mass is 10.2. The Labute approximate surface area is 260 Å². The zero-order chi connectivity index (χ0) is 29.5. The Morgan fingerprint density at radius 2 is 0.425 bits per heavy atom. The van der Waals surface area contributed by atoms with Crippen LogP contribution in [0.4, 0.5) is 0 Å². The summed E-state index contributed by atoms with van der Waals surface area (Å²) < 4.78 is 9.39. The van der Waals surface area contributed by atoms with Gasteiger partial charge in [-0.3, -0.25) is 0 Å². The molecule has 0 aromatic carbocycles. The zero-order valence-corrected chi connectivity index (χ0v) is 30.3. The summed E-state index contributed by atoms with van der Waals surface area (Å²) in [4.78, 5) is 0. The lowest BCUT2D eigenvalue weighted by Gasteiger charge is -2.56. The largest absolute Gasteiger partial charge is 0.510 e. The molecular formula is C36H78AlN3-. The van der Waals surface area contributed by atoms with Crippen molar-refractivity contribution in [2.24, 2.45) is 0 Å². The van der Waals surface area contributed by atoms with E-state index in [9.17, 15) is 0 Å². The minimum Gasteiger partial charge on any atom is -0.510 e. The summed E-state index contributed by atoms with van der Waals surface area (Å²) in [7, 11) is 0. The summed E-state index contributed by atoms with van der Waals surface area (Å²) in [5, 5.41) is 0. The standard InChI is InChI=1S/3C12H26N.Al/c3*1-3-5-7-9-11-13-12-10-8-6-4-2;/h3*3-12H2,1-2H3;/q3*-1;+2. The van der Waals surface area contributed by atoms with E-state index in [1.807, 2.05) is 0 Å². The highest BCUT2D eigenvalue weighted by molar-refractivity contribution is 6.49. The van der Waals surface area contributed by atoms with Gasteiger partial charge in [0.15, 0.2) is 0 Å². The van der Waals surface area contributed by atoms with Crippen LogP contribution in [0.1, 0.15) is 196 Å². The Bertz CT molecular complexity index is 372. The minimum absolute atomic E-state index is 1.35. The van der Waals surface area contributed by atoms with Crippen LogP contribution in [0.2, 0.25) is 0 Å². The molecule has 0 N–H and O–H groups in total. The summed E-state index contributed by atoms with van der Waals surface area (Å²) in [6.07, 6.45) is 33.5. The van der Waals surface area contributed by atoms with Gasteiger partial charge in [-0.15, -0.1) is 0 Å². The lowest BCUT2D eigenvalue weighted by molar-refractivity contribution is 0.246. The fourth-order valence-corrected chi connectivity index (χ4v) is 10.0. The molecule has 0 aromatic heterocycles. The van der Waals surface area contributed by atoms with Crippen molar-refractivity contribution < 1.29 is 0 Å². The third-order valence-corrected chi connectivity index (χ3v) is 12.3. The van der Waals surface area contributed by atoms with Crippen molar-refractivity contribution in [2.45, 2.75) is 196 Å². The van der Waals surface area contributed by atoms with Gasteiger partial charge in [0, 0.05) is 0 Å². The van der Waals surface area contributed by atoms with E-state index in [1.165, 1.54) is 193 Å². The monoisotopic (exact) mass is 580 g/mol. The van der Waals surface area contributed by atoms with Gasteiger partial charge in [0.2, 0.25) is 0 Å². The molecule has 3 nitrogen and oxygen atoms in total. The van der Waals surface area contributed by atoms with Crippen LogP contribution in [0.3, 0.4) is 0 Å². The van der Waals surface area contributed by atoms with E-state index < -0.39 is 14.8 Å². The molecule has 4 heteroatoms. The lowest BCUT2D eigenvalue weighted by Crippen LogP contribution is -2.64. The van der Waals surface area contributed by atoms with Crippen molar-refractivity contribution in [3.63, 3.8) is 0 Å². The van der Waals surface area contributed by atoms with E-state index in [0.717, 1.165) is 0 Å². The fraction of sp³-hybridized carbons (Fsp3) is 1.00. The van der Waals surface area contributed by atoms with Crippen LogP contribution >= 0.6 is 0 Å². The smallest absolute Gasteiger partial charge is 0.279 e. The molecule has 0 heterocycles. The van der Waals surface area contributed by atoms with Gasteiger partial charge >= 0.3 is 0 Å². The van der Waals surface area contributed by atoms with Crippen molar-refractivity contribution in [3.05, 3.63) is 0 Å². The normalized spacial score (nSPS) is 12.2. The molecular weight excluding hydrogens is 501 g/mol. The second-order valence-corrected chi connectivity index (χ2v) is 15.7. The predicted molar refractivity (Wildman–Crippen MR) is 185 cm³/mol. The highest BCUT2D eigenvalue weighted by atomic mass is 27.2. The highest BCUT2D eigenvalue weighted by Crippen LogP contribution is 2.18. The van der Waals surface area contributed by atoms with Crippen LogP contribution in [0.5, 0.6) is 0 Å². The van der Waals surface area contributed by atoms with E-state index in [0.29, 0.717) is 0 Å². The maximum absolute atomic E-state index is 3.13. The average Bonchev–Trinajstić information content (AvgIpc) is 2.96. The first-order valence-electron chi connectivity index (χ1n) is 18.9. The number of hydrogen-bond donors (Lipinski definition) is 0. The Morgan fingerprint density at radius 3 is 0.575 bits per heavy atom. The van der Waals surface area contributed by atoms with Gasteiger partial charge in [-0.25, -0.2) is 0 Å². The second kappa shape index (κ2) is 32.3. The van der Waals surface area contributed by atoms with Gasteiger partial charge in [0.05, 0.1) is 0 Å². The van der Waals surface area contributed by atoms with E-state index in [2.05, 4.69) is 53.2 Å². The minimum atomic E-state index is -1.39. The molecule has 0 aliphatic rings. The number of nitrogens with zero attached hydrogens (tertiary/aromatic N) is 3. The molecule has 0 aromatic rings. The van der Waals surface area contributed by atoms with E-state index in [-0.39, 0.29) is 0 Å². The van der Waals surface area contributed by atoms with Crippen LogP contribution < -0.4 is 0 Å². The zero-order valence-electron chi connectivity index (χ0n) is 29.1. The first-order chi connectivity index (χ1) is 19.7. The summed E-state index contributed by atoms with van der Waals surface area (Å²) in [5.74, 6) is 0. The van der Waals surface area contributed by atoms with Gasteiger partial charge in [0.1, 0.15) is 0 Å². The Hall–Kier alpha value is 0.412. The fourth-order valence-electron chi connectivity index (χ4n) is 6.17. The molecule has 0 bridgehead atoms. The van der Waals surface area contributed by atoms with Gasteiger partial charge in [-0.2, -0.15) is 0 Å². The molecule has 0 aliphatic heterocycles. The summed E-state index contributed by atoms with van der Waals surface area (Å²) >= 11 is -1.39. The van der Waals surface area contributed by atoms with Crippen molar-refractivity contribution >= 4 is 14.8 Å². The SMILES string of the molecule is CCCCCC[N](CCCCCC)[Al-]([N](CCCCCC)CCCCCC)[N](CCCCCC)CCCCCC. The number of rotatable bonds is 33. The van der Waals surface area contributed by atoms with Crippen LogP contribution in [0.15, 0.2) is 0 Å². The van der Waals surface area contributed by atoms with Crippen molar-refractivity contribution in [3.8, 4) is 0 Å². The van der Waals surface area contributed by atoms with Gasteiger partial charge in [-0.1, -0.05) is 157 Å². The maximum atomic E-state index is 3.13. The number of hydrogen-bond acceptors (Lipinski definition) is 3. The predicted octanol–water partition coefficient (Wildman–Crippen LogP) is 11.4. The molecule has 0 unspecified atom stereocenters. The molecule has 0 saturated heterocycles. The molecule has 241 valence electrons. The number of unbranched alkanes of at least 4 members (excludes halogenated alkanes) is 18. The molecule has 0 spiro atoms. The Morgan fingerprint density at radius 1 is 0.250 bits per heavy atom. The van der Waals surface area contributed by atoms with E-state index in [1.54, 1.807) is 0 Å².